The van der Waals surface area contributed by atoms with Gasteiger partial charge in [-0.2, -0.15) is 0 Å². The van der Waals surface area contributed by atoms with E-state index in [9.17, 15) is 4.79 Å². The average Bonchev–Trinajstić information content (AvgIpc) is 2.35. The van der Waals surface area contributed by atoms with Crippen LogP contribution >= 0.6 is 27.7 Å². The summed E-state index contributed by atoms with van der Waals surface area (Å²) in [5, 5.41) is 3.22. The molecule has 17 heavy (non-hydrogen) atoms. The summed E-state index contributed by atoms with van der Waals surface area (Å²) in [5.41, 5.74) is 0.564. The molecular formula is C11H17BrN2O2S. The average molecular weight is 321 g/mol. The van der Waals surface area contributed by atoms with Gasteiger partial charge < -0.3 is 4.74 Å². The molecule has 0 aliphatic carbocycles. The molecule has 96 valence electrons. The molecule has 0 saturated heterocycles. The lowest BCUT2D eigenvalue weighted by molar-refractivity contribution is -0.136. The Labute approximate surface area is 114 Å². The first kappa shape index (κ1) is 14.7. The maximum Gasteiger partial charge on any atom is 0.337 e. The van der Waals surface area contributed by atoms with Gasteiger partial charge >= 0.3 is 5.97 Å². The zero-order valence-electron chi connectivity index (χ0n) is 9.98. The van der Waals surface area contributed by atoms with Gasteiger partial charge in [-0.15, -0.1) is 11.8 Å². The number of halogens is 1. The zero-order chi connectivity index (χ0) is 12.7. The van der Waals surface area contributed by atoms with Crippen LogP contribution in [0, 0.1) is 0 Å². The van der Waals surface area contributed by atoms with Crippen LogP contribution in [0.2, 0.25) is 0 Å². The summed E-state index contributed by atoms with van der Waals surface area (Å²) in [4.78, 5) is 15.9. The second kappa shape index (κ2) is 7.89. The molecule has 0 aromatic heterocycles. The zero-order valence-corrected chi connectivity index (χ0v) is 12.4. The highest BCUT2D eigenvalue weighted by Gasteiger charge is 2.24. The number of thioether (sulfide) groups is 1. The number of hydrogen-bond donors (Lipinski definition) is 1. The summed E-state index contributed by atoms with van der Waals surface area (Å²) in [7, 11) is 1.38. The van der Waals surface area contributed by atoms with Crippen molar-refractivity contribution in [1.29, 1.82) is 0 Å². The van der Waals surface area contributed by atoms with Crippen molar-refractivity contribution >= 4 is 39.9 Å². The van der Waals surface area contributed by atoms with E-state index < -0.39 is 0 Å². The number of carbonyl (C=O) groups is 1. The number of nitrogens with one attached hydrogen (secondary N) is 1. The molecular weight excluding hydrogens is 304 g/mol. The van der Waals surface area contributed by atoms with Crippen molar-refractivity contribution in [2.75, 3.05) is 18.7 Å². The van der Waals surface area contributed by atoms with Crippen molar-refractivity contribution in [3.63, 3.8) is 0 Å². The molecule has 1 aliphatic rings. The predicted octanol–water partition coefficient (Wildman–Crippen LogP) is 1.95. The van der Waals surface area contributed by atoms with E-state index in [1.165, 1.54) is 7.11 Å². The normalized spacial score (nSPS) is 23.4. The van der Waals surface area contributed by atoms with Crippen molar-refractivity contribution in [3.8, 4) is 0 Å². The SMILES string of the molecule is CCCSCNC1N=CC(Br)C=C1C(=O)OC. The first-order valence-electron chi connectivity index (χ1n) is 5.47. The second-order valence-electron chi connectivity index (χ2n) is 3.52. The Bertz CT molecular complexity index is 321. The number of aliphatic imine (C=N–C) groups is 1. The molecule has 0 aromatic rings. The number of alkyl halides is 1. The molecule has 0 amide bonds. The Hall–Kier alpha value is -0.330. The third-order valence-corrected chi connectivity index (χ3v) is 3.73. The van der Waals surface area contributed by atoms with E-state index in [-0.39, 0.29) is 17.0 Å². The largest absolute Gasteiger partial charge is 0.466 e. The van der Waals surface area contributed by atoms with E-state index in [0.29, 0.717) is 5.57 Å². The molecule has 1 heterocycles. The number of methoxy groups -OCH3 is 1. The van der Waals surface area contributed by atoms with Gasteiger partial charge in [-0.1, -0.05) is 28.9 Å². The van der Waals surface area contributed by atoms with Gasteiger partial charge in [0.25, 0.3) is 0 Å². The van der Waals surface area contributed by atoms with Crippen LogP contribution in [0.25, 0.3) is 0 Å². The maximum atomic E-state index is 11.6. The van der Waals surface area contributed by atoms with Crippen LogP contribution in [0.15, 0.2) is 16.6 Å². The van der Waals surface area contributed by atoms with E-state index in [1.807, 2.05) is 6.08 Å². The molecule has 0 radical (unpaired) electrons. The van der Waals surface area contributed by atoms with Crippen LogP contribution in [-0.2, 0) is 9.53 Å². The van der Waals surface area contributed by atoms with Crippen LogP contribution in [0.5, 0.6) is 0 Å². The van der Waals surface area contributed by atoms with Gasteiger partial charge in [-0.3, -0.25) is 10.3 Å². The minimum absolute atomic E-state index is 0.00190. The fraction of sp³-hybridized carbons (Fsp3) is 0.636. The summed E-state index contributed by atoms with van der Waals surface area (Å²) in [5.74, 6) is 1.54. The fourth-order valence-corrected chi connectivity index (χ4v) is 2.50. The van der Waals surface area contributed by atoms with Crippen LogP contribution in [0.3, 0.4) is 0 Å². The molecule has 1 rings (SSSR count). The number of esters is 1. The van der Waals surface area contributed by atoms with Crippen LogP contribution in [-0.4, -0.2) is 41.9 Å². The lowest BCUT2D eigenvalue weighted by atomic mass is 10.1. The summed E-state index contributed by atoms with van der Waals surface area (Å²) < 4.78 is 4.75. The summed E-state index contributed by atoms with van der Waals surface area (Å²) >= 11 is 5.17. The highest BCUT2D eigenvalue weighted by molar-refractivity contribution is 9.10. The first-order valence-corrected chi connectivity index (χ1v) is 7.54. The van der Waals surface area contributed by atoms with Crippen molar-refractivity contribution in [3.05, 3.63) is 11.6 Å². The van der Waals surface area contributed by atoms with Crippen molar-refractivity contribution in [1.82, 2.24) is 5.32 Å². The number of carbonyl (C=O) groups excluding carboxylic acids is 1. The molecule has 0 bridgehead atoms. The van der Waals surface area contributed by atoms with Crippen LogP contribution < -0.4 is 5.32 Å². The van der Waals surface area contributed by atoms with Gasteiger partial charge in [-0.25, -0.2) is 4.79 Å². The standard InChI is InChI=1S/C11H17BrN2O2S/c1-3-4-17-7-14-10-9(11(15)16-2)5-8(12)6-13-10/h5-6,8,10,14H,3-4,7H2,1-2H3. The lowest BCUT2D eigenvalue weighted by Crippen LogP contribution is -2.35. The summed E-state index contributed by atoms with van der Waals surface area (Å²) in [6.45, 7) is 2.14. The summed E-state index contributed by atoms with van der Waals surface area (Å²) in [6.07, 6.45) is 4.44. The number of rotatable bonds is 6. The van der Waals surface area contributed by atoms with E-state index in [0.717, 1.165) is 18.1 Å². The molecule has 4 nitrogen and oxygen atoms in total. The van der Waals surface area contributed by atoms with Gasteiger partial charge in [0.05, 0.1) is 17.5 Å². The highest BCUT2D eigenvalue weighted by Crippen LogP contribution is 2.16. The quantitative estimate of drug-likeness (QED) is 0.352. The monoisotopic (exact) mass is 320 g/mol. The van der Waals surface area contributed by atoms with E-state index >= 15 is 0 Å². The topological polar surface area (TPSA) is 50.7 Å². The third kappa shape index (κ3) is 4.81. The molecule has 0 spiro atoms. The van der Waals surface area contributed by atoms with Gasteiger partial charge in [0.2, 0.25) is 0 Å². The van der Waals surface area contributed by atoms with Crippen LogP contribution in [0.4, 0.5) is 0 Å². The van der Waals surface area contributed by atoms with Crippen molar-refractivity contribution in [2.45, 2.75) is 24.3 Å². The lowest BCUT2D eigenvalue weighted by Gasteiger charge is -2.20. The van der Waals surface area contributed by atoms with Gasteiger partial charge in [0.1, 0.15) is 6.17 Å². The number of dihydropyridines is 1. The van der Waals surface area contributed by atoms with E-state index in [2.05, 4.69) is 33.2 Å². The van der Waals surface area contributed by atoms with Crippen LogP contribution in [0.1, 0.15) is 13.3 Å². The molecule has 0 fully saturated rings. The smallest absolute Gasteiger partial charge is 0.337 e. The second-order valence-corrected chi connectivity index (χ2v) is 5.68. The molecule has 0 saturated carbocycles. The number of hydrogen-bond acceptors (Lipinski definition) is 5. The van der Waals surface area contributed by atoms with E-state index in [4.69, 9.17) is 4.74 Å². The Morgan fingerprint density at radius 1 is 1.71 bits per heavy atom. The fourth-order valence-electron chi connectivity index (χ4n) is 1.37. The van der Waals surface area contributed by atoms with Crippen molar-refractivity contribution in [2.24, 2.45) is 4.99 Å². The third-order valence-electron chi connectivity index (χ3n) is 2.16. The minimum Gasteiger partial charge on any atom is -0.466 e. The predicted molar refractivity (Wildman–Crippen MR) is 75.8 cm³/mol. The maximum absolute atomic E-state index is 11.6. The van der Waals surface area contributed by atoms with E-state index in [1.54, 1.807) is 18.0 Å². The minimum atomic E-state index is -0.329. The molecule has 2 atom stereocenters. The number of allylic oxidation sites excluding steroid dienone is 1. The van der Waals surface area contributed by atoms with Gasteiger partial charge in [0.15, 0.2) is 0 Å². The Balaban J connectivity index is 2.53. The Kier molecular flexibility index (Phi) is 6.84. The van der Waals surface area contributed by atoms with Crippen molar-refractivity contribution < 1.29 is 9.53 Å². The molecule has 1 N–H and O–H groups in total. The Morgan fingerprint density at radius 2 is 2.47 bits per heavy atom. The number of nitrogens with zero attached hydrogens (tertiary/aromatic N) is 1. The highest BCUT2D eigenvalue weighted by atomic mass is 79.9. The molecule has 0 aromatic carbocycles. The molecule has 6 heteroatoms. The first-order chi connectivity index (χ1) is 8.19. The Morgan fingerprint density at radius 3 is 3.12 bits per heavy atom. The number of ether oxygens (including phenoxy) is 1. The summed E-state index contributed by atoms with van der Waals surface area (Å²) in [6, 6.07) is 0. The van der Waals surface area contributed by atoms with Gasteiger partial charge in [-0.05, 0) is 12.2 Å². The van der Waals surface area contributed by atoms with Gasteiger partial charge in [0, 0.05) is 12.1 Å². The molecule has 1 aliphatic heterocycles. The molecule has 2 unspecified atom stereocenters.